The van der Waals surface area contributed by atoms with Crippen molar-refractivity contribution < 1.29 is 0 Å². The topological polar surface area (TPSA) is 23.8 Å². The minimum absolute atomic E-state index is 0.0783. The first-order valence-electron chi connectivity index (χ1n) is 10.6. The Morgan fingerprint density at radius 3 is 2.00 bits per heavy atom. The lowest BCUT2D eigenvalue weighted by molar-refractivity contribution is 0.0727. The first-order chi connectivity index (χ1) is 11.2. The van der Waals surface area contributed by atoms with E-state index in [2.05, 4.69) is 26.8 Å². The zero-order valence-electron chi connectivity index (χ0n) is 16.0. The maximum absolute atomic E-state index is 9.53. The predicted molar refractivity (Wildman–Crippen MR) is 99.1 cm³/mol. The zero-order chi connectivity index (χ0) is 16.8. The molecule has 0 saturated heterocycles. The maximum atomic E-state index is 9.53. The number of unbranched alkanes of at least 4 members (excludes halogenated alkanes) is 6. The van der Waals surface area contributed by atoms with E-state index in [1.807, 2.05) is 0 Å². The molecule has 1 heteroatoms. The van der Waals surface area contributed by atoms with Crippen LogP contribution >= 0.6 is 0 Å². The third-order valence-corrected chi connectivity index (χ3v) is 7.00. The van der Waals surface area contributed by atoms with Crippen LogP contribution in [0.5, 0.6) is 0 Å². The van der Waals surface area contributed by atoms with Crippen LogP contribution in [0.2, 0.25) is 0 Å². The molecule has 0 aromatic carbocycles. The molecular formula is C22H39N. The fourth-order valence-corrected chi connectivity index (χ4v) is 5.45. The summed E-state index contributed by atoms with van der Waals surface area (Å²) in [6.45, 7) is 6.82. The Morgan fingerprint density at radius 2 is 1.57 bits per heavy atom. The standard InChI is InChI=1S/C22H39N/c1-4-7-9-11-13-19(14-12-10-8-5-2)15-22-16-20(22)21(6-3,17-22)18-23/h19-20H,4-17H2,1-3H3/t20-,21+,22-/m1/s1. The van der Waals surface area contributed by atoms with Crippen LogP contribution in [-0.2, 0) is 0 Å². The Labute approximate surface area is 145 Å². The monoisotopic (exact) mass is 317 g/mol. The molecule has 3 atom stereocenters. The molecule has 0 aromatic heterocycles. The van der Waals surface area contributed by atoms with Crippen LogP contribution in [0, 0.1) is 34.0 Å². The van der Waals surface area contributed by atoms with Crippen molar-refractivity contribution in [2.75, 3.05) is 0 Å². The lowest BCUT2D eigenvalue weighted by Gasteiger charge is -2.43. The highest BCUT2D eigenvalue weighted by atomic mass is 14.8. The van der Waals surface area contributed by atoms with Crippen molar-refractivity contribution in [1.29, 1.82) is 5.26 Å². The van der Waals surface area contributed by atoms with Crippen LogP contribution in [0.15, 0.2) is 0 Å². The number of nitrogens with zero attached hydrogens (tertiary/aromatic N) is 1. The van der Waals surface area contributed by atoms with E-state index in [4.69, 9.17) is 0 Å². The summed E-state index contributed by atoms with van der Waals surface area (Å²) in [6.07, 6.45) is 19.2. The van der Waals surface area contributed by atoms with Gasteiger partial charge in [0.15, 0.2) is 0 Å². The molecule has 1 nitrogen and oxygen atoms in total. The largest absolute Gasteiger partial charge is 0.198 e. The maximum Gasteiger partial charge on any atom is 0.0693 e. The van der Waals surface area contributed by atoms with Gasteiger partial charge in [0.1, 0.15) is 0 Å². The van der Waals surface area contributed by atoms with Crippen molar-refractivity contribution >= 4 is 0 Å². The molecular weight excluding hydrogens is 278 g/mol. The van der Waals surface area contributed by atoms with Gasteiger partial charge in [0, 0.05) is 0 Å². The minimum Gasteiger partial charge on any atom is -0.198 e. The van der Waals surface area contributed by atoms with Crippen LogP contribution in [0.4, 0.5) is 0 Å². The Morgan fingerprint density at radius 1 is 0.957 bits per heavy atom. The summed E-state index contributed by atoms with van der Waals surface area (Å²) >= 11 is 0. The van der Waals surface area contributed by atoms with E-state index in [1.54, 1.807) is 0 Å². The van der Waals surface area contributed by atoms with E-state index in [0.717, 1.165) is 18.3 Å². The summed E-state index contributed by atoms with van der Waals surface area (Å²) < 4.78 is 0. The fraction of sp³-hybridized carbons (Fsp3) is 0.955. The molecule has 0 bridgehead atoms. The molecule has 0 heterocycles. The summed E-state index contributed by atoms with van der Waals surface area (Å²) in [7, 11) is 0. The predicted octanol–water partition coefficient (Wildman–Crippen LogP) is 7.26. The average Bonchev–Trinajstić information content (AvgIpc) is 3.16. The van der Waals surface area contributed by atoms with Gasteiger partial charge in [0.25, 0.3) is 0 Å². The average molecular weight is 318 g/mol. The highest BCUT2D eigenvalue weighted by Crippen LogP contribution is 2.79. The highest BCUT2D eigenvalue weighted by Gasteiger charge is 2.73. The van der Waals surface area contributed by atoms with Crippen molar-refractivity contribution in [2.45, 2.75) is 111 Å². The van der Waals surface area contributed by atoms with Crippen molar-refractivity contribution in [3.8, 4) is 6.07 Å². The Hall–Kier alpha value is -0.510. The lowest BCUT2D eigenvalue weighted by atomic mass is 9.59. The van der Waals surface area contributed by atoms with Gasteiger partial charge < -0.3 is 0 Å². The van der Waals surface area contributed by atoms with Crippen molar-refractivity contribution in [3.05, 3.63) is 0 Å². The van der Waals surface area contributed by atoms with Crippen LogP contribution in [-0.4, -0.2) is 0 Å². The first-order valence-corrected chi connectivity index (χ1v) is 10.6. The molecule has 0 aliphatic heterocycles. The van der Waals surface area contributed by atoms with Gasteiger partial charge in [-0.15, -0.1) is 0 Å². The van der Waals surface area contributed by atoms with Gasteiger partial charge in [0.2, 0.25) is 0 Å². The second kappa shape index (κ2) is 8.55. The summed E-state index contributed by atoms with van der Waals surface area (Å²) in [4.78, 5) is 0. The van der Waals surface area contributed by atoms with E-state index in [-0.39, 0.29) is 5.41 Å². The molecule has 2 aliphatic rings. The second-order valence-corrected chi connectivity index (χ2v) is 8.69. The highest BCUT2D eigenvalue weighted by molar-refractivity contribution is 5.28. The molecule has 0 N–H and O–H groups in total. The Kier molecular flexibility index (Phi) is 7.00. The van der Waals surface area contributed by atoms with Crippen molar-refractivity contribution in [3.63, 3.8) is 0 Å². The number of fused-ring (bicyclic) bond motifs is 1. The summed E-state index contributed by atoms with van der Waals surface area (Å²) in [6, 6.07) is 2.67. The zero-order valence-corrected chi connectivity index (χ0v) is 16.0. The van der Waals surface area contributed by atoms with E-state index in [0.29, 0.717) is 5.41 Å². The molecule has 0 radical (unpaired) electrons. The molecule has 2 saturated carbocycles. The smallest absolute Gasteiger partial charge is 0.0693 e. The number of nitriles is 1. The molecule has 0 aromatic rings. The van der Waals surface area contributed by atoms with Crippen LogP contribution in [0.1, 0.15) is 111 Å². The number of hydrogen-bond acceptors (Lipinski definition) is 1. The van der Waals surface area contributed by atoms with Gasteiger partial charge in [-0.05, 0) is 42.9 Å². The number of rotatable bonds is 13. The van der Waals surface area contributed by atoms with E-state index < -0.39 is 0 Å². The fourth-order valence-electron chi connectivity index (χ4n) is 5.45. The SMILES string of the molecule is CCCCCCC(CCCCCC)C[C@]12C[C@@H]1[C@@](C#N)(CC)C2. The molecule has 132 valence electrons. The third-order valence-electron chi connectivity index (χ3n) is 7.00. The van der Waals surface area contributed by atoms with E-state index in [9.17, 15) is 5.26 Å². The van der Waals surface area contributed by atoms with Gasteiger partial charge in [-0.3, -0.25) is 0 Å². The molecule has 2 fully saturated rings. The molecule has 0 unspecified atom stereocenters. The molecule has 0 amide bonds. The van der Waals surface area contributed by atoms with Gasteiger partial charge in [-0.2, -0.15) is 5.26 Å². The van der Waals surface area contributed by atoms with Gasteiger partial charge in [-0.25, -0.2) is 0 Å². The summed E-state index contributed by atoms with van der Waals surface area (Å²) in [5.41, 5.74) is 0.695. The summed E-state index contributed by atoms with van der Waals surface area (Å²) in [5.74, 6) is 1.71. The molecule has 23 heavy (non-hydrogen) atoms. The molecule has 2 aliphatic carbocycles. The molecule has 2 rings (SSSR count). The minimum atomic E-state index is 0.0783. The second-order valence-electron chi connectivity index (χ2n) is 8.69. The van der Waals surface area contributed by atoms with Crippen LogP contribution in [0.25, 0.3) is 0 Å². The van der Waals surface area contributed by atoms with E-state index >= 15 is 0 Å². The van der Waals surface area contributed by atoms with Crippen LogP contribution < -0.4 is 0 Å². The Balaban J connectivity index is 1.78. The van der Waals surface area contributed by atoms with Gasteiger partial charge in [0.05, 0.1) is 11.5 Å². The van der Waals surface area contributed by atoms with Crippen molar-refractivity contribution in [1.82, 2.24) is 0 Å². The number of hydrogen-bond donors (Lipinski definition) is 0. The van der Waals surface area contributed by atoms with Crippen molar-refractivity contribution in [2.24, 2.45) is 22.7 Å². The van der Waals surface area contributed by atoms with Gasteiger partial charge in [-0.1, -0.05) is 85.0 Å². The van der Waals surface area contributed by atoms with Crippen LogP contribution in [0.3, 0.4) is 0 Å². The van der Waals surface area contributed by atoms with Gasteiger partial charge >= 0.3 is 0 Å². The molecule has 0 spiro atoms. The quantitative estimate of drug-likeness (QED) is 0.328. The lowest BCUT2D eigenvalue weighted by Crippen LogP contribution is -2.38. The summed E-state index contributed by atoms with van der Waals surface area (Å²) in [5, 5.41) is 9.53. The third kappa shape index (κ3) is 4.32. The van der Waals surface area contributed by atoms with E-state index in [1.165, 1.54) is 83.5 Å². The normalized spacial score (nSPS) is 31.5. The first kappa shape index (κ1) is 18.8. The Bertz CT molecular complexity index is 383.